The number of hydrogen-bond acceptors (Lipinski definition) is 4. The molecule has 2 heterocycles. The van der Waals surface area contributed by atoms with Gasteiger partial charge in [0.25, 0.3) is 5.91 Å². The van der Waals surface area contributed by atoms with Crippen LogP contribution in [0.4, 0.5) is 0 Å². The number of benzene rings is 3. The van der Waals surface area contributed by atoms with Gasteiger partial charge in [-0.25, -0.2) is 4.98 Å². The van der Waals surface area contributed by atoms with E-state index in [4.69, 9.17) is 32.0 Å². The smallest absolute Gasteiger partial charge is 0.287 e. The normalized spacial score (nSPS) is 11.1. The molecule has 1 N–H and O–H groups in total. The lowest BCUT2D eigenvalue weighted by Crippen LogP contribution is -2.22. The summed E-state index contributed by atoms with van der Waals surface area (Å²) < 4.78 is 11.5. The first-order chi connectivity index (χ1) is 15.6. The third-order valence-corrected chi connectivity index (χ3v) is 5.52. The van der Waals surface area contributed by atoms with Crippen molar-refractivity contribution in [3.05, 3.63) is 100 Å². The Kier molecular flexibility index (Phi) is 5.43. The summed E-state index contributed by atoms with van der Waals surface area (Å²) in [5.74, 6) is 0.948. The SMILES string of the molecule is O=C(NCc1ccc(-c2nc3ccccc3o2)cc1)c1ccc(-c2ccc(Cl)cc2Cl)o1. The zero-order valence-corrected chi connectivity index (χ0v) is 18.2. The van der Waals surface area contributed by atoms with E-state index in [9.17, 15) is 4.79 Å². The Bertz CT molecular complexity index is 1390. The second-order valence-corrected chi connectivity index (χ2v) is 8.00. The predicted octanol–water partition coefficient (Wildman–Crippen LogP) is 6.99. The maximum atomic E-state index is 12.5. The number of oxazole rings is 1. The Morgan fingerprint density at radius 2 is 1.72 bits per heavy atom. The van der Waals surface area contributed by atoms with Gasteiger partial charge in [-0.15, -0.1) is 0 Å². The third kappa shape index (κ3) is 4.13. The lowest BCUT2D eigenvalue weighted by molar-refractivity contribution is 0.0924. The van der Waals surface area contributed by atoms with Gasteiger partial charge in [-0.1, -0.05) is 47.5 Å². The van der Waals surface area contributed by atoms with Gasteiger partial charge in [0, 0.05) is 22.7 Å². The Hall–Kier alpha value is -3.54. The first-order valence-electron chi connectivity index (χ1n) is 9.85. The number of aromatic nitrogens is 1. The zero-order valence-electron chi connectivity index (χ0n) is 16.6. The lowest BCUT2D eigenvalue weighted by atomic mass is 10.1. The molecule has 0 aliphatic carbocycles. The van der Waals surface area contributed by atoms with Crippen LogP contribution in [-0.4, -0.2) is 10.9 Å². The summed E-state index contributed by atoms with van der Waals surface area (Å²) in [6.07, 6.45) is 0. The number of furan rings is 1. The van der Waals surface area contributed by atoms with Crippen molar-refractivity contribution in [1.29, 1.82) is 0 Å². The van der Waals surface area contributed by atoms with Crippen LogP contribution in [0.25, 0.3) is 33.9 Å². The van der Waals surface area contributed by atoms with E-state index in [1.54, 1.807) is 30.3 Å². The summed E-state index contributed by atoms with van der Waals surface area (Å²) in [6.45, 7) is 0.352. The van der Waals surface area contributed by atoms with Gasteiger partial charge < -0.3 is 14.2 Å². The highest BCUT2D eigenvalue weighted by molar-refractivity contribution is 6.36. The van der Waals surface area contributed by atoms with Crippen LogP contribution in [0, 0.1) is 0 Å². The van der Waals surface area contributed by atoms with Gasteiger partial charge in [0.2, 0.25) is 5.89 Å². The molecule has 0 saturated carbocycles. The summed E-state index contributed by atoms with van der Waals surface area (Å²) in [7, 11) is 0. The predicted molar refractivity (Wildman–Crippen MR) is 125 cm³/mol. The molecular formula is C25H16Cl2N2O3. The largest absolute Gasteiger partial charge is 0.451 e. The van der Waals surface area contributed by atoms with Crippen LogP contribution < -0.4 is 5.32 Å². The molecule has 5 nitrogen and oxygen atoms in total. The Labute approximate surface area is 193 Å². The maximum absolute atomic E-state index is 12.5. The second kappa shape index (κ2) is 8.54. The van der Waals surface area contributed by atoms with Crippen molar-refractivity contribution in [3.8, 4) is 22.8 Å². The Morgan fingerprint density at radius 1 is 0.906 bits per heavy atom. The highest BCUT2D eigenvalue weighted by atomic mass is 35.5. The van der Waals surface area contributed by atoms with Crippen molar-refractivity contribution >= 4 is 40.2 Å². The number of amides is 1. The number of hydrogen-bond donors (Lipinski definition) is 1. The molecule has 0 fully saturated rings. The van der Waals surface area contributed by atoms with E-state index in [1.165, 1.54) is 0 Å². The number of nitrogens with zero attached hydrogens (tertiary/aromatic N) is 1. The van der Waals surface area contributed by atoms with E-state index < -0.39 is 0 Å². The first kappa shape index (κ1) is 20.4. The average Bonchev–Trinajstić information content (AvgIpc) is 3.45. The van der Waals surface area contributed by atoms with Crippen molar-refractivity contribution in [2.75, 3.05) is 0 Å². The molecular weight excluding hydrogens is 447 g/mol. The van der Waals surface area contributed by atoms with Crippen LogP contribution in [0.5, 0.6) is 0 Å². The van der Waals surface area contributed by atoms with Crippen molar-refractivity contribution in [2.45, 2.75) is 6.54 Å². The fraction of sp³-hybridized carbons (Fsp3) is 0.0400. The van der Waals surface area contributed by atoms with Crippen molar-refractivity contribution in [3.63, 3.8) is 0 Å². The monoisotopic (exact) mass is 462 g/mol. The Balaban J connectivity index is 1.25. The summed E-state index contributed by atoms with van der Waals surface area (Å²) in [4.78, 5) is 17.0. The van der Waals surface area contributed by atoms with E-state index >= 15 is 0 Å². The van der Waals surface area contributed by atoms with Crippen molar-refractivity contribution < 1.29 is 13.6 Å². The topological polar surface area (TPSA) is 68.3 Å². The van der Waals surface area contributed by atoms with Gasteiger partial charge in [-0.05, 0) is 60.2 Å². The average molecular weight is 463 g/mol. The molecule has 0 spiro atoms. The van der Waals surface area contributed by atoms with Crippen LogP contribution >= 0.6 is 23.2 Å². The molecule has 0 aliphatic heterocycles. The molecule has 0 bridgehead atoms. The molecule has 0 unspecified atom stereocenters. The summed E-state index contributed by atoms with van der Waals surface area (Å²) in [6, 6.07) is 23.7. The first-order valence-corrected chi connectivity index (χ1v) is 10.6. The minimum Gasteiger partial charge on any atom is -0.451 e. The number of fused-ring (bicyclic) bond motifs is 1. The van der Waals surface area contributed by atoms with E-state index in [0.29, 0.717) is 33.8 Å². The molecule has 1 amide bonds. The van der Waals surface area contributed by atoms with Crippen LogP contribution in [0.1, 0.15) is 16.1 Å². The number of para-hydroxylation sites is 2. The van der Waals surface area contributed by atoms with Crippen LogP contribution in [0.15, 0.2) is 87.7 Å². The number of rotatable bonds is 5. The molecule has 7 heteroatoms. The lowest BCUT2D eigenvalue weighted by Gasteiger charge is -2.05. The number of nitrogens with one attached hydrogen (secondary N) is 1. The number of carbonyl (C=O) groups is 1. The van der Waals surface area contributed by atoms with Crippen LogP contribution in [-0.2, 0) is 6.54 Å². The molecule has 0 radical (unpaired) electrons. The van der Waals surface area contributed by atoms with E-state index in [0.717, 1.165) is 22.2 Å². The number of carbonyl (C=O) groups excluding carboxylic acids is 1. The van der Waals surface area contributed by atoms with E-state index in [2.05, 4.69) is 10.3 Å². The fourth-order valence-electron chi connectivity index (χ4n) is 3.32. The molecule has 3 aromatic carbocycles. The zero-order chi connectivity index (χ0) is 22.1. The van der Waals surface area contributed by atoms with E-state index in [1.807, 2.05) is 48.5 Å². The molecule has 0 saturated heterocycles. The molecule has 0 atom stereocenters. The van der Waals surface area contributed by atoms with Gasteiger partial charge in [0.1, 0.15) is 11.3 Å². The highest BCUT2D eigenvalue weighted by Gasteiger charge is 2.14. The van der Waals surface area contributed by atoms with Crippen LogP contribution in [0.3, 0.4) is 0 Å². The Morgan fingerprint density at radius 3 is 2.50 bits per heavy atom. The highest BCUT2D eigenvalue weighted by Crippen LogP contribution is 2.31. The molecule has 32 heavy (non-hydrogen) atoms. The molecule has 5 rings (SSSR count). The van der Waals surface area contributed by atoms with Gasteiger partial charge in [-0.2, -0.15) is 0 Å². The fourth-order valence-corrected chi connectivity index (χ4v) is 3.83. The molecule has 0 aliphatic rings. The number of halogens is 2. The van der Waals surface area contributed by atoms with Gasteiger partial charge >= 0.3 is 0 Å². The minimum absolute atomic E-state index is 0.203. The maximum Gasteiger partial charge on any atom is 0.287 e. The molecule has 2 aromatic heterocycles. The molecule has 158 valence electrons. The summed E-state index contributed by atoms with van der Waals surface area (Å²) >= 11 is 12.2. The van der Waals surface area contributed by atoms with Gasteiger partial charge in [0.05, 0.1) is 5.02 Å². The van der Waals surface area contributed by atoms with Crippen molar-refractivity contribution in [1.82, 2.24) is 10.3 Å². The second-order valence-electron chi connectivity index (χ2n) is 7.15. The summed E-state index contributed by atoms with van der Waals surface area (Å²) in [5.41, 5.74) is 4.04. The van der Waals surface area contributed by atoms with Gasteiger partial charge in [-0.3, -0.25) is 4.79 Å². The minimum atomic E-state index is -0.315. The third-order valence-electron chi connectivity index (χ3n) is 4.97. The van der Waals surface area contributed by atoms with Crippen LogP contribution in [0.2, 0.25) is 10.0 Å². The standard InChI is InChI=1S/C25H16Cl2N2O3/c26-17-9-10-18(19(27)13-17)21-11-12-23(31-21)24(30)28-14-15-5-7-16(8-6-15)25-29-20-3-1-2-4-22(20)32-25/h1-13H,14H2,(H,28,30). The van der Waals surface area contributed by atoms with Crippen molar-refractivity contribution in [2.24, 2.45) is 0 Å². The van der Waals surface area contributed by atoms with Gasteiger partial charge in [0.15, 0.2) is 11.3 Å². The molecule has 5 aromatic rings. The summed E-state index contributed by atoms with van der Waals surface area (Å²) in [5, 5.41) is 3.85. The quantitative estimate of drug-likeness (QED) is 0.305. The van der Waals surface area contributed by atoms with E-state index in [-0.39, 0.29) is 11.7 Å².